The van der Waals surface area contributed by atoms with E-state index in [1.807, 2.05) is 0 Å². The van der Waals surface area contributed by atoms with Gasteiger partial charge in [-0.05, 0) is 36.2 Å². The van der Waals surface area contributed by atoms with Gasteiger partial charge in [-0.1, -0.05) is 49.6 Å². The summed E-state index contributed by atoms with van der Waals surface area (Å²) in [6.07, 6.45) is 2.30. The van der Waals surface area contributed by atoms with E-state index in [-0.39, 0.29) is 11.3 Å². The monoisotopic (exact) mass is 454 g/mol. The Morgan fingerprint density at radius 1 is 1.16 bits per heavy atom. The van der Waals surface area contributed by atoms with Crippen molar-refractivity contribution in [2.75, 3.05) is 0 Å². The Morgan fingerprint density at radius 3 is 2.72 bits per heavy atom. The van der Waals surface area contributed by atoms with Crippen molar-refractivity contribution < 1.29 is 14.3 Å². The largest absolute Gasteiger partial charge is 0.480 e. The van der Waals surface area contributed by atoms with E-state index in [9.17, 15) is 14.4 Å². The number of carbonyl (C=O) groups is 2. The third kappa shape index (κ3) is 4.45. The van der Waals surface area contributed by atoms with Crippen LogP contribution >= 0.6 is 11.6 Å². The standard InChI is InChI=1S/C23H23ClN4O4/c1-2-3-6-11-28-23(31)17-8-5-4-7-16(17)20(27-28)22(30)26-25-21(29)19-13-14-12-15(24)9-10-18(14)32-19/h4-5,7-10,12,19H,2-3,6,11,13H2,1H3,(H,25,29)(H,26,30). The van der Waals surface area contributed by atoms with Crippen molar-refractivity contribution in [1.29, 1.82) is 0 Å². The second kappa shape index (κ2) is 9.40. The van der Waals surface area contributed by atoms with Crippen LogP contribution in [-0.2, 0) is 17.8 Å². The Balaban J connectivity index is 1.49. The van der Waals surface area contributed by atoms with E-state index in [0.717, 1.165) is 24.8 Å². The van der Waals surface area contributed by atoms with Gasteiger partial charge in [-0.15, -0.1) is 0 Å². The minimum atomic E-state index is -0.781. The van der Waals surface area contributed by atoms with Gasteiger partial charge in [-0.3, -0.25) is 25.2 Å². The van der Waals surface area contributed by atoms with Gasteiger partial charge in [0.1, 0.15) is 5.75 Å². The molecule has 0 bridgehead atoms. The molecule has 1 aromatic heterocycles. The van der Waals surface area contributed by atoms with E-state index in [2.05, 4.69) is 22.9 Å². The first-order valence-corrected chi connectivity index (χ1v) is 10.9. The van der Waals surface area contributed by atoms with Gasteiger partial charge in [0.15, 0.2) is 11.8 Å². The first-order chi connectivity index (χ1) is 15.5. The number of hydrogen-bond donors (Lipinski definition) is 2. The quantitative estimate of drug-likeness (QED) is 0.440. The summed E-state index contributed by atoms with van der Waals surface area (Å²) in [5.41, 5.74) is 5.45. The van der Waals surface area contributed by atoms with Crippen LogP contribution in [0.25, 0.3) is 10.8 Å². The fraction of sp³-hybridized carbons (Fsp3) is 0.304. The molecule has 0 fully saturated rings. The van der Waals surface area contributed by atoms with E-state index in [4.69, 9.17) is 16.3 Å². The minimum absolute atomic E-state index is 0.0689. The van der Waals surface area contributed by atoms with Crippen LogP contribution in [0.1, 0.15) is 42.2 Å². The number of rotatable bonds is 6. The lowest BCUT2D eigenvalue weighted by molar-refractivity contribution is -0.128. The summed E-state index contributed by atoms with van der Waals surface area (Å²) in [4.78, 5) is 38.1. The smallest absolute Gasteiger partial charge is 0.290 e. The van der Waals surface area contributed by atoms with Crippen molar-refractivity contribution in [3.63, 3.8) is 0 Å². The normalized spacial score (nSPS) is 14.6. The van der Waals surface area contributed by atoms with E-state index in [0.29, 0.717) is 34.5 Å². The molecule has 2 heterocycles. The number of nitrogens with zero attached hydrogens (tertiary/aromatic N) is 2. The van der Waals surface area contributed by atoms with E-state index >= 15 is 0 Å². The van der Waals surface area contributed by atoms with Gasteiger partial charge in [0, 0.05) is 23.4 Å². The van der Waals surface area contributed by atoms with E-state index in [1.165, 1.54) is 4.68 Å². The summed E-state index contributed by atoms with van der Waals surface area (Å²) in [7, 11) is 0. The van der Waals surface area contributed by atoms with Crippen LogP contribution in [0.3, 0.4) is 0 Å². The molecule has 2 aromatic carbocycles. The van der Waals surface area contributed by atoms with Crippen LogP contribution in [0, 0.1) is 0 Å². The molecular weight excluding hydrogens is 432 g/mol. The molecule has 9 heteroatoms. The molecule has 2 N–H and O–H groups in total. The van der Waals surface area contributed by atoms with Crippen LogP contribution in [-0.4, -0.2) is 27.7 Å². The van der Waals surface area contributed by atoms with Gasteiger partial charge in [-0.2, -0.15) is 5.10 Å². The molecule has 1 unspecified atom stereocenters. The van der Waals surface area contributed by atoms with Crippen LogP contribution in [0.2, 0.25) is 5.02 Å². The molecule has 166 valence electrons. The highest BCUT2D eigenvalue weighted by molar-refractivity contribution is 6.30. The molecule has 0 radical (unpaired) electrons. The maximum atomic E-state index is 12.9. The first-order valence-electron chi connectivity index (χ1n) is 10.5. The molecule has 0 aliphatic carbocycles. The number of fused-ring (bicyclic) bond motifs is 2. The molecule has 2 amide bonds. The Hall–Kier alpha value is -3.39. The summed E-state index contributed by atoms with van der Waals surface area (Å²) in [6.45, 7) is 2.49. The first kappa shape index (κ1) is 21.8. The molecule has 8 nitrogen and oxygen atoms in total. The predicted molar refractivity (Wildman–Crippen MR) is 121 cm³/mol. The topological polar surface area (TPSA) is 102 Å². The molecular formula is C23H23ClN4O4. The lowest BCUT2D eigenvalue weighted by atomic mass is 10.1. The SMILES string of the molecule is CCCCCn1nc(C(=O)NNC(=O)C2Cc3cc(Cl)ccc3O2)c2ccccc2c1=O. The zero-order valence-corrected chi connectivity index (χ0v) is 18.3. The maximum Gasteiger partial charge on any atom is 0.290 e. The summed E-state index contributed by atoms with van der Waals surface area (Å²) < 4.78 is 6.95. The number of aromatic nitrogens is 2. The lowest BCUT2D eigenvalue weighted by Gasteiger charge is -2.14. The molecule has 0 saturated heterocycles. The summed E-state index contributed by atoms with van der Waals surface area (Å²) in [5, 5.41) is 5.68. The zero-order valence-electron chi connectivity index (χ0n) is 17.6. The van der Waals surface area contributed by atoms with Crippen molar-refractivity contribution in [2.45, 2.75) is 45.3 Å². The van der Waals surface area contributed by atoms with Crippen molar-refractivity contribution >= 4 is 34.2 Å². The number of amides is 2. The molecule has 3 aromatic rings. The number of nitrogens with one attached hydrogen (secondary N) is 2. The van der Waals surface area contributed by atoms with Crippen LogP contribution in [0.5, 0.6) is 5.75 Å². The lowest BCUT2D eigenvalue weighted by Crippen LogP contribution is -2.48. The fourth-order valence-corrected chi connectivity index (χ4v) is 3.88. The molecule has 32 heavy (non-hydrogen) atoms. The van der Waals surface area contributed by atoms with Gasteiger partial charge in [0.05, 0.1) is 5.39 Å². The van der Waals surface area contributed by atoms with Crippen molar-refractivity contribution in [3.05, 3.63) is 69.1 Å². The predicted octanol–water partition coefficient (Wildman–Crippen LogP) is 3.00. The second-order valence-corrected chi connectivity index (χ2v) is 8.07. The number of carbonyl (C=O) groups excluding carboxylic acids is 2. The average molecular weight is 455 g/mol. The van der Waals surface area contributed by atoms with Crippen LogP contribution in [0.4, 0.5) is 0 Å². The minimum Gasteiger partial charge on any atom is -0.480 e. The Labute approximate surface area is 189 Å². The highest BCUT2D eigenvalue weighted by Crippen LogP contribution is 2.31. The Kier molecular flexibility index (Phi) is 6.41. The third-order valence-electron chi connectivity index (χ3n) is 5.35. The van der Waals surface area contributed by atoms with Gasteiger partial charge >= 0.3 is 0 Å². The van der Waals surface area contributed by atoms with Crippen LogP contribution < -0.4 is 21.1 Å². The highest BCUT2D eigenvalue weighted by atomic mass is 35.5. The Morgan fingerprint density at radius 2 is 1.94 bits per heavy atom. The summed E-state index contributed by atoms with van der Waals surface area (Å²) in [5.74, 6) is -0.517. The molecule has 0 saturated carbocycles. The molecule has 1 aliphatic rings. The summed E-state index contributed by atoms with van der Waals surface area (Å²) >= 11 is 5.99. The van der Waals surface area contributed by atoms with Crippen molar-refractivity contribution in [2.24, 2.45) is 0 Å². The molecule has 4 rings (SSSR count). The second-order valence-electron chi connectivity index (χ2n) is 7.64. The van der Waals surface area contributed by atoms with Gasteiger partial charge in [-0.25, -0.2) is 4.68 Å². The van der Waals surface area contributed by atoms with Crippen LogP contribution in [0.15, 0.2) is 47.3 Å². The van der Waals surface area contributed by atoms with Gasteiger partial charge in [0.25, 0.3) is 17.4 Å². The van der Waals surface area contributed by atoms with E-state index < -0.39 is 17.9 Å². The van der Waals surface area contributed by atoms with Crippen molar-refractivity contribution in [3.8, 4) is 5.75 Å². The molecule has 1 atom stereocenters. The highest BCUT2D eigenvalue weighted by Gasteiger charge is 2.30. The number of aryl methyl sites for hydroxylation is 1. The van der Waals surface area contributed by atoms with Gasteiger partial charge in [0.2, 0.25) is 0 Å². The number of benzene rings is 2. The Bertz CT molecular complexity index is 1240. The maximum absolute atomic E-state index is 12.9. The van der Waals surface area contributed by atoms with Gasteiger partial charge < -0.3 is 4.74 Å². The number of hydrazine groups is 1. The van der Waals surface area contributed by atoms with E-state index in [1.54, 1.807) is 42.5 Å². The number of ether oxygens (including phenoxy) is 1. The number of hydrogen-bond acceptors (Lipinski definition) is 5. The number of unbranched alkanes of at least 4 members (excludes halogenated alkanes) is 2. The third-order valence-corrected chi connectivity index (χ3v) is 5.58. The van der Waals surface area contributed by atoms with Crippen molar-refractivity contribution in [1.82, 2.24) is 20.6 Å². The molecule has 1 aliphatic heterocycles. The number of halogens is 1. The fourth-order valence-electron chi connectivity index (χ4n) is 3.69. The molecule has 0 spiro atoms. The zero-order chi connectivity index (χ0) is 22.7. The average Bonchev–Trinajstić information content (AvgIpc) is 3.22. The summed E-state index contributed by atoms with van der Waals surface area (Å²) in [6, 6.07) is 12.0.